The minimum Gasteiger partial charge on any atom is -0.478 e. The van der Waals surface area contributed by atoms with Crippen molar-refractivity contribution in [1.82, 2.24) is 0 Å². The van der Waals surface area contributed by atoms with Gasteiger partial charge in [-0.25, -0.2) is 4.79 Å². The van der Waals surface area contributed by atoms with Crippen LogP contribution in [0.5, 0.6) is 0 Å². The van der Waals surface area contributed by atoms with Crippen LogP contribution in [0.3, 0.4) is 0 Å². The maximum atomic E-state index is 10.5. The van der Waals surface area contributed by atoms with E-state index < -0.39 is 5.97 Å². The number of carbonyl (C=O) groups is 1. The molecule has 1 rings (SSSR count). The van der Waals surface area contributed by atoms with E-state index in [0.717, 1.165) is 0 Å². The number of rotatable bonds is 2. The number of carboxylic acid groups (broad SMARTS) is 1. The van der Waals surface area contributed by atoms with E-state index in [1.807, 2.05) is 0 Å². The molecule has 0 bridgehead atoms. The summed E-state index contributed by atoms with van der Waals surface area (Å²) in [6.07, 6.45) is 0. The van der Waals surface area contributed by atoms with Gasteiger partial charge in [-0.15, -0.1) is 0 Å². The van der Waals surface area contributed by atoms with Crippen molar-refractivity contribution in [1.29, 1.82) is 0 Å². The first-order valence-corrected chi connectivity index (χ1v) is 3.60. The maximum Gasteiger partial charge on any atom is 0.335 e. The zero-order chi connectivity index (χ0) is 9.84. The number of azide groups is 1. The first-order valence-electron chi connectivity index (χ1n) is 3.22. The molecule has 0 radical (unpaired) electrons. The topological polar surface area (TPSA) is 86.1 Å². The number of benzene rings is 1. The highest BCUT2D eigenvalue weighted by Crippen LogP contribution is 2.21. The van der Waals surface area contributed by atoms with Crippen LogP contribution in [0.15, 0.2) is 23.3 Å². The molecule has 0 unspecified atom stereocenters. The molecule has 0 amide bonds. The SMILES string of the molecule is [N-]=[N+]=Nc1cc(Cl)cc(C(=O)O)c1. The predicted molar refractivity (Wildman–Crippen MR) is 47.2 cm³/mol. The van der Waals surface area contributed by atoms with Gasteiger partial charge in [0.05, 0.1) is 5.56 Å². The molecule has 0 spiro atoms. The molecule has 6 heteroatoms. The van der Waals surface area contributed by atoms with Gasteiger partial charge in [-0.2, -0.15) is 0 Å². The molecule has 0 aliphatic heterocycles. The molecule has 1 aromatic rings. The summed E-state index contributed by atoms with van der Waals surface area (Å²) >= 11 is 5.58. The lowest BCUT2D eigenvalue weighted by Gasteiger charge is -1.97. The molecule has 0 aromatic heterocycles. The van der Waals surface area contributed by atoms with Gasteiger partial charge in [0.2, 0.25) is 0 Å². The highest BCUT2D eigenvalue weighted by molar-refractivity contribution is 6.31. The van der Waals surface area contributed by atoms with Crippen LogP contribution in [0.4, 0.5) is 5.69 Å². The van der Waals surface area contributed by atoms with Crippen molar-refractivity contribution in [2.45, 2.75) is 0 Å². The van der Waals surface area contributed by atoms with Crippen molar-refractivity contribution < 1.29 is 9.90 Å². The summed E-state index contributed by atoms with van der Waals surface area (Å²) in [7, 11) is 0. The summed E-state index contributed by atoms with van der Waals surface area (Å²) in [6, 6.07) is 3.90. The first kappa shape index (κ1) is 9.38. The second-order valence-electron chi connectivity index (χ2n) is 2.19. The molecular weight excluding hydrogens is 194 g/mol. The van der Waals surface area contributed by atoms with Crippen LogP contribution in [0.2, 0.25) is 5.02 Å². The summed E-state index contributed by atoms with van der Waals surface area (Å²) in [5.74, 6) is -1.11. The molecule has 0 aliphatic carbocycles. The first-order chi connectivity index (χ1) is 6.13. The van der Waals surface area contributed by atoms with Crippen LogP contribution in [0.1, 0.15) is 10.4 Å². The predicted octanol–water partition coefficient (Wildman–Crippen LogP) is 2.98. The lowest BCUT2D eigenvalue weighted by molar-refractivity contribution is 0.0697. The summed E-state index contributed by atoms with van der Waals surface area (Å²) in [6.45, 7) is 0. The minimum absolute atomic E-state index is 0.00472. The Morgan fingerprint density at radius 1 is 1.54 bits per heavy atom. The number of hydrogen-bond donors (Lipinski definition) is 1. The maximum absolute atomic E-state index is 10.5. The number of hydrogen-bond acceptors (Lipinski definition) is 2. The monoisotopic (exact) mass is 197 g/mol. The highest BCUT2D eigenvalue weighted by atomic mass is 35.5. The van der Waals surface area contributed by atoms with Gasteiger partial charge >= 0.3 is 5.97 Å². The third kappa shape index (κ3) is 2.37. The van der Waals surface area contributed by atoms with Crippen LogP contribution in [0, 0.1) is 0 Å². The van der Waals surface area contributed by atoms with Crippen molar-refractivity contribution in [3.05, 3.63) is 39.2 Å². The molecule has 0 atom stereocenters. The van der Waals surface area contributed by atoms with E-state index in [1.165, 1.54) is 18.2 Å². The van der Waals surface area contributed by atoms with E-state index in [0.29, 0.717) is 0 Å². The quantitative estimate of drug-likeness (QED) is 0.449. The van der Waals surface area contributed by atoms with Gasteiger partial charge in [0.15, 0.2) is 0 Å². The van der Waals surface area contributed by atoms with Gasteiger partial charge in [0.1, 0.15) is 0 Å². The summed E-state index contributed by atoms with van der Waals surface area (Å²) in [4.78, 5) is 13.0. The summed E-state index contributed by atoms with van der Waals surface area (Å²) < 4.78 is 0. The normalized spacial score (nSPS) is 9.00. The fraction of sp³-hybridized carbons (Fsp3) is 0. The van der Waals surface area contributed by atoms with Crippen LogP contribution in [0.25, 0.3) is 10.4 Å². The molecule has 0 heterocycles. The Kier molecular flexibility index (Phi) is 2.74. The molecular formula is C7H4ClN3O2. The molecule has 1 aromatic carbocycles. The van der Waals surface area contributed by atoms with E-state index >= 15 is 0 Å². The molecule has 0 saturated heterocycles. The third-order valence-corrected chi connectivity index (χ3v) is 1.51. The van der Waals surface area contributed by atoms with E-state index in [2.05, 4.69) is 10.0 Å². The van der Waals surface area contributed by atoms with Crippen LogP contribution in [-0.4, -0.2) is 11.1 Å². The molecule has 0 fully saturated rings. The van der Waals surface area contributed by atoms with Crippen molar-refractivity contribution in [2.75, 3.05) is 0 Å². The molecule has 0 aliphatic rings. The Balaban J connectivity index is 3.26. The van der Waals surface area contributed by atoms with Crippen molar-refractivity contribution in [2.24, 2.45) is 5.11 Å². The molecule has 1 N–H and O–H groups in total. The van der Waals surface area contributed by atoms with Crippen molar-refractivity contribution in [3.8, 4) is 0 Å². The Labute approximate surface area is 78.2 Å². The standard InChI is InChI=1S/C7H4ClN3O2/c8-5-1-4(7(12)13)2-6(3-5)10-11-9/h1-3H,(H,12,13). The Morgan fingerprint density at radius 3 is 2.77 bits per heavy atom. The van der Waals surface area contributed by atoms with Gasteiger partial charge in [-0.05, 0) is 23.7 Å². The largest absolute Gasteiger partial charge is 0.478 e. The smallest absolute Gasteiger partial charge is 0.335 e. The van der Waals surface area contributed by atoms with Crippen LogP contribution >= 0.6 is 11.6 Å². The van der Waals surface area contributed by atoms with Gasteiger partial charge in [0.25, 0.3) is 0 Å². The van der Waals surface area contributed by atoms with Gasteiger partial charge in [-0.3, -0.25) is 0 Å². The Bertz CT molecular complexity index is 378. The number of nitrogens with zero attached hydrogens (tertiary/aromatic N) is 3. The highest BCUT2D eigenvalue weighted by Gasteiger charge is 2.04. The lowest BCUT2D eigenvalue weighted by atomic mass is 10.2. The Hall–Kier alpha value is -1.71. The molecule has 5 nitrogen and oxygen atoms in total. The lowest BCUT2D eigenvalue weighted by Crippen LogP contribution is -1.94. The molecule has 66 valence electrons. The fourth-order valence-electron chi connectivity index (χ4n) is 0.807. The van der Waals surface area contributed by atoms with Gasteiger partial charge in [0, 0.05) is 15.6 Å². The minimum atomic E-state index is -1.11. The van der Waals surface area contributed by atoms with Crippen LogP contribution < -0.4 is 0 Å². The van der Waals surface area contributed by atoms with E-state index in [-0.39, 0.29) is 16.3 Å². The molecule has 13 heavy (non-hydrogen) atoms. The Morgan fingerprint density at radius 2 is 2.23 bits per heavy atom. The summed E-state index contributed by atoms with van der Waals surface area (Å²) in [5.41, 5.74) is 8.29. The second kappa shape index (κ2) is 3.80. The number of carboxylic acids is 1. The van der Waals surface area contributed by atoms with Crippen molar-refractivity contribution >= 4 is 23.3 Å². The number of halogens is 1. The third-order valence-electron chi connectivity index (χ3n) is 1.29. The average Bonchev–Trinajstić information content (AvgIpc) is 2.03. The van der Waals surface area contributed by atoms with E-state index in [4.69, 9.17) is 22.2 Å². The van der Waals surface area contributed by atoms with Gasteiger partial charge < -0.3 is 5.11 Å². The van der Waals surface area contributed by atoms with Crippen LogP contribution in [-0.2, 0) is 0 Å². The summed E-state index contributed by atoms with van der Waals surface area (Å²) in [5, 5.41) is 12.1. The second-order valence-corrected chi connectivity index (χ2v) is 2.63. The zero-order valence-corrected chi connectivity index (χ0v) is 7.06. The van der Waals surface area contributed by atoms with Gasteiger partial charge in [-0.1, -0.05) is 16.7 Å². The number of aromatic carboxylic acids is 1. The average molecular weight is 198 g/mol. The van der Waals surface area contributed by atoms with Crippen molar-refractivity contribution in [3.63, 3.8) is 0 Å². The fourth-order valence-corrected chi connectivity index (χ4v) is 1.04. The molecule has 0 saturated carbocycles. The van der Waals surface area contributed by atoms with E-state index in [9.17, 15) is 4.79 Å². The zero-order valence-electron chi connectivity index (χ0n) is 6.31. The van der Waals surface area contributed by atoms with E-state index in [1.54, 1.807) is 0 Å².